The molecule has 0 bridgehead atoms. The molecule has 0 aliphatic heterocycles. The summed E-state index contributed by atoms with van der Waals surface area (Å²) >= 11 is 1.66. The SMILES string of the molecule is CC(C)c1ncc(-c2cnc(N)c(OCc3cc(C#CC(C)(C)C)cc(CN)c3)c2)s1. The van der Waals surface area contributed by atoms with Crippen LogP contribution in [-0.2, 0) is 13.2 Å². The molecule has 0 amide bonds. The van der Waals surface area contributed by atoms with Crippen LogP contribution in [0.1, 0.15) is 62.2 Å². The second kappa shape index (κ2) is 9.51. The predicted molar refractivity (Wildman–Crippen MR) is 129 cm³/mol. The summed E-state index contributed by atoms with van der Waals surface area (Å²) in [5.41, 5.74) is 15.8. The molecule has 6 heteroatoms. The summed E-state index contributed by atoms with van der Waals surface area (Å²) in [4.78, 5) is 9.86. The van der Waals surface area contributed by atoms with Crippen LogP contribution in [0.4, 0.5) is 5.82 Å². The van der Waals surface area contributed by atoms with Gasteiger partial charge in [-0.05, 0) is 50.1 Å². The van der Waals surface area contributed by atoms with Gasteiger partial charge in [-0.3, -0.25) is 0 Å². The van der Waals surface area contributed by atoms with E-state index in [0.29, 0.717) is 30.6 Å². The molecule has 3 aromatic rings. The van der Waals surface area contributed by atoms with Gasteiger partial charge in [0, 0.05) is 41.4 Å². The van der Waals surface area contributed by atoms with Crippen molar-refractivity contribution in [3.63, 3.8) is 0 Å². The van der Waals surface area contributed by atoms with Crippen LogP contribution in [0.3, 0.4) is 0 Å². The van der Waals surface area contributed by atoms with Gasteiger partial charge in [-0.15, -0.1) is 11.3 Å². The minimum atomic E-state index is -0.0674. The van der Waals surface area contributed by atoms with E-state index in [1.54, 1.807) is 17.5 Å². The predicted octanol–water partition coefficient (Wildman–Crippen LogP) is 5.35. The lowest BCUT2D eigenvalue weighted by Gasteiger charge is -2.11. The lowest BCUT2D eigenvalue weighted by atomic mass is 9.97. The van der Waals surface area contributed by atoms with Gasteiger partial charge in [0.15, 0.2) is 11.6 Å². The second-order valence-electron chi connectivity index (χ2n) is 8.86. The third-order valence-corrected chi connectivity index (χ3v) is 5.80. The van der Waals surface area contributed by atoms with Crippen molar-refractivity contribution >= 4 is 17.2 Å². The van der Waals surface area contributed by atoms with Crippen LogP contribution in [0.2, 0.25) is 0 Å². The standard InChI is InChI=1S/C25H30N4OS/c1-16(2)24-29-14-22(31-24)20-11-21(23(27)28-13-20)30-15-19-9-17(6-7-25(3,4)5)8-18(10-19)12-26/h8-11,13-14,16H,12,15,26H2,1-5H3,(H2,27,28). The molecule has 2 heterocycles. The van der Waals surface area contributed by atoms with Gasteiger partial charge in [0.25, 0.3) is 0 Å². The molecule has 0 aliphatic rings. The average Bonchev–Trinajstić information content (AvgIpc) is 3.21. The number of hydrogen-bond donors (Lipinski definition) is 2. The highest BCUT2D eigenvalue weighted by Gasteiger charge is 2.11. The molecular formula is C25H30N4OS. The Labute approximate surface area is 188 Å². The third-order valence-electron chi connectivity index (χ3n) is 4.45. The first-order valence-corrected chi connectivity index (χ1v) is 11.2. The van der Waals surface area contributed by atoms with E-state index >= 15 is 0 Å². The maximum Gasteiger partial charge on any atom is 0.166 e. The van der Waals surface area contributed by atoms with Crippen molar-refractivity contribution in [1.82, 2.24) is 9.97 Å². The Morgan fingerprint density at radius 2 is 1.81 bits per heavy atom. The molecule has 0 atom stereocenters. The van der Waals surface area contributed by atoms with Crippen molar-refractivity contribution in [2.75, 3.05) is 5.73 Å². The Hall–Kier alpha value is -2.88. The Bertz CT molecular complexity index is 1120. The first-order valence-electron chi connectivity index (χ1n) is 10.3. The summed E-state index contributed by atoms with van der Waals surface area (Å²) in [7, 11) is 0. The van der Waals surface area contributed by atoms with Crippen molar-refractivity contribution in [2.45, 2.75) is 53.7 Å². The summed E-state index contributed by atoms with van der Waals surface area (Å²) < 4.78 is 6.05. The maximum absolute atomic E-state index is 6.08. The molecular weight excluding hydrogens is 404 g/mol. The minimum Gasteiger partial charge on any atom is -0.485 e. The monoisotopic (exact) mass is 434 g/mol. The Morgan fingerprint density at radius 3 is 2.45 bits per heavy atom. The van der Waals surface area contributed by atoms with E-state index in [9.17, 15) is 0 Å². The zero-order chi connectivity index (χ0) is 22.6. The summed E-state index contributed by atoms with van der Waals surface area (Å²) in [5, 5.41) is 1.09. The molecule has 3 rings (SSSR count). The molecule has 0 saturated heterocycles. The summed E-state index contributed by atoms with van der Waals surface area (Å²) in [6.07, 6.45) is 3.64. The molecule has 0 unspecified atom stereocenters. The van der Waals surface area contributed by atoms with Crippen LogP contribution in [0.5, 0.6) is 5.75 Å². The van der Waals surface area contributed by atoms with E-state index in [1.165, 1.54) is 0 Å². The molecule has 162 valence electrons. The van der Waals surface area contributed by atoms with Crippen LogP contribution in [0.25, 0.3) is 10.4 Å². The number of rotatable bonds is 6. The lowest BCUT2D eigenvalue weighted by Crippen LogP contribution is -2.04. The molecule has 1 aromatic carbocycles. The first-order chi connectivity index (χ1) is 14.6. The molecule has 4 N–H and O–H groups in total. The highest BCUT2D eigenvalue weighted by molar-refractivity contribution is 7.15. The van der Waals surface area contributed by atoms with Crippen molar-refractivity contribution in [1.29, 1.82) is 0 Å². The Kier molecular flexibility index (Phi) is 6.99. The topological polar surface area (TPSA) is 87.0 Å². The molecule has 0 spiro atoms. The number of hydrogen-bond acceptors (Lipinski definition) is 6. The number of nitrogens with zero attached hydrogens (tertiary/aromatic N) is 2. The van der Waals surface area contributed by atoms with E-state index in [1.807, 2.05) is 30.5 Å². The van der Waals surface area contributed by atoms with Crippen LogP contribution in [-0.4, -0.2) is 9.97 Å². The molecule has 0 radical (unpaired) electrons. The van der Waals surface area contributed by atoms with Crippen LogP contribution in [0.15, 0.2) is 36.7 Å². The third kappa shape index (κ3) is 6.30. The van der Waals surface area contributed by atoms with Gasteiger partial charge in [0.1, 0.15) is 6.61 Å². The molecule has 0 fully saturated rings. The van der Waals surface area contributed by atoms with Gasteiger partial charge >= 0.3 is 0 Å². The summed E-state index contributed by atoms with van der Waals surface area (Å²) in [6.45, 7) is 11.3. The van der Waals surface area contributed by atoms with Gasteiger partial charge in [0.2, 0.25) is 0 Å². The van der Waals surface area contributed by atoms with Gasteiger partial charge in [-0.2, -0.15) is 0 Å². The van der Waals surface area contributed by atoms with Gasteiger partial charge < -0.3 is 16.2 Å². The lowest BCUT2D eigenvalue weighted by molar-refractivity contribution is 0.307. The largest absolute Gasteiger partial charge is 0.485 e. The Balaban J connectivity index is 1.82. The van der Waals surface area contributed by atoms with E-state index in [0.717, 1.165) is 32.1 Å². The normalized spacial score (nSPS) is 11.3. The van der Waals surface area contributed by atoms with E-state index in [4.69, 9.17) is 16.2 Å². The van der Waals surface area contributed by atoms with E-state index in [2.05, 4.69) is 56.4 Å². The fraction of sp³-hybridized carbons (Fsp3) is 0.360. The number of benzene rings is 1. The number of ether oxygens (including phenoxy) is 1. The maximum atomic E-state index is 6.08. The number of nitrogens with two attached hydrogens (primary N) is 2. The second-order valence-corrected chi connectivity index (χ2v) is 9.92. The number of anilines is 1. The van der Waals surface area contributed by atoms with E-state index in [-0.39, 0.29) is 5.41 Å². The molecule has 0 saturated carbocycles. The first kappa shape index (κ1) is 22.8. The quantitative estimate of drug-likeness (QED) is 0.511. The van der Waals surface area contributed by atoms with Crippen LogP contribution < -0.4 is 16.2 Å². The van der Waals surface area contributed by atoms with Gasteiger partial charge in [0.05, 0.1) is 9.88 Å². The highest BCUT2D eigenvalue weighted by atomic mass is 32.1. The average molecular weight is 435 g/mol. The number of nitrogen functional groups attached to an aromatic ring is 1. The van der Waals surface area contributed by atoms with Crippen molar-refractivity contribution in [3.05, 3.63) is 58.4 Å². The van der Waals surface area contributed by atoms with Crippen molar-refractivity contribution in [3.8, 4) is 28.0 Å². The molecule has 31 heavy (non-hydrogen) atoms. The number of thiazole rings is 1. The molecule has 0 aliphatic carbocycles. The summed E-state index contributed by atoms with van der Waals surface area (Å²) in [5.74, 6) is 7.82. The Morgan fingerprint density at radius 1 is 1.06 bits per heavy atom. The zero-order valence-corrected chi connectivity index (χ0v) is 19.6. The molecule has 2 aromatic heterocycles. The zero-order valence-electron chi connectivity index (χ0n) is 18.8. The smallest absolute Gasteiger partial charge is 0.166 e. The van der Waals surface area contributed by atoms with Crippen molar-refractivity contribution in [2.24, 2.45) is 11.1 Å². The van der Waals surface area contributed by atoms with Crippen LogP contribution >= 0.6 is 11.3 Å². The number of aromatic nitrogens is 2. The van der Waals surface area contributed by atoms with Gasteiger partial charge in [-0.25, -0.2) is 9.97 Å². The summed E-state index contributed by atoms with van der Waals surface area (Å²) in [6, 6.07) is 8.01. The molecule has 5 nitrogen and oxygen atoms in total. The fourth-order valence-electron chi connectivity index (χ4n) is 2.85. The van der Waals surface area contributed by atoms with Crippen LogP contribution in [0, 0.1) is 17.3 Å². The highest BCUT2D eigenvalue weighted by Crippen LogP contribution is 2.33. The minimum absolute atomic E-state index is 0.0674. The van der Waals surface area contributed by atoms with Crippen molar-refractivity contribution < 1.29 is 4.74 Å². The van der Waals surface area contributed by atoms with E-state index < -0.39 is 0 Å². The fourth-order valence-corrected chi connectivity index (χ4v) is 3.75. The van der Waals surface area contributed by atoms with Gasteiger partial charge in [-0.1, -0.05) is 31.8 Å². The number of pyridine rings is 1.